The topological polar surface area (TPSA) is 55.4 Å². The number of hydrogen-bond donors (Lipinski definition) is 1. The molecule has 2 aromatic rings. The number of benzene rings is 2. The molecule has 23 heavy (non-hydrogen) atoms. The van der Waals surface area contributed by atoms with Crippen LogP contribution in [-0.4, -0.2) is 18.5 Å². The van der Waals surface area contributed by atoms with Crippen LogP contribution in [-0.2, 0) is 9.53 Å². The lowest BCUT2D eigenvalue weighted by Crippen LogP contribution is -2.21. The maximum atomic E-state index is 12.9. The van der Waals surface area contributed by atoms with Gasteiger partial charge in [-0.2, -0.15) is 0 Å². The molecule has 0 spiro atoms. The first-order chi connectivity index (χ1) is 10.8. The van der Waals surface area contributed by atoms with Crippen LogP contribution in [0.2, 0.25) is 15.1 Å². The molecule has 120 valence electrons. The number of carbonyl (C=O) groups excluding carboxylic acids is 2. The summed E-state index contributed by atoms with van der Waals surface area (Å²) in [5.41, 5.74) is 0.329. The van der Waals surface area contributed by atoms with Gasteiger partial charge in [0.2, 0.25) is 0 Å². The number of anilines is 1. The molecule has 0 aliphatic heterocycles. The molecule has 0 bridgehead atoms. The predicted molar refractivity (Wildman–Crippen MR) is 86.8 cm³/mol. The van der Waals surface area contributed by atoms with E-state index in [0.717, 1.165) is 12.1 Å². The second-order valence-electron chi connectivity index (χ2n) is 4.41. The van der Waals surface area contributed by atoms with Crippen LogP contribution in [0.4, 0.5) is 10.1 Å². The second-order valence-corrected chi connectivity index (χ2v) is 5.69. The third kappa shape index (κ3) is 5.10. The number of halogens is 4. The fourth-order valence-corrected chi connectivity index (χ4v) is 2.46. The predicted octanol–water partition coefficient (Wildman–Crippen LogP) is 4.58. The van der Waals surface area contributed by atoms with E-state index in [9.17, 15) is 14.0 Å². The van der Waals surface area contributed by atoms with Gasteiger partial charge in [-0.15, -0.1) is 0 Å². The number of carbonyl (C=O) groups is 2. The van der Waals surface area contributed by atoms with Crippen molar-refractivity contribution in [2.75, 3.05) is 11.9 Å². The molecule has 0 saturated carbocycles. The van der Waals surface area contributed by atoms with Crippen molar-refractivity contribution in [3.8, 4) is 0 Å². The van der Waals surface area contributed by atoms with E-state index in [1.54, 1.807) is 0 Å². The smallest absolute Gasteiger partial charge is 0.340 e. The number of hydrogen-bond acceptors (Lipinski definition) is 3. The number of rotatable bonds is 4. The average Bonchev–Trinajstić information content (AvgIpc) is 2.43. The first-order valence-corrected chi connectivity index (χ1v) is 7.36. The highest BCUT2D eigenvalue weighted by molar-refractivity contribution is 6.35. The van der Waals surface area contributed by atoms with Gasteiger partial charge in [0.1, 0.15) is 5.82 Å². The van der Waals surface area contributed by atoms with Crippen molar-refractivity contribution < 1.29 is 18.7 Å². The molecular formula is C15H9Cl3FNO3. The first-order valence-electron chi connectivity index (χ1n) is 6.23. The van der Waals surface area contributed by atoms with Gasteiger partial charge in [0.25, 0.3) is 5.91 Å². The molecule has 4 nitrogen and oxygen atoms in total. The molecule has 2 aromatic carbocycles. The minimum Gasteiger partial charge on any atom is -0.452 e. The van der Waals surface area contributed by atoms with Gasteiger partial charge in [0.05, 0.1) is 10.6 Å². The molecule has 8 heteroatoms. The molecule has 1 amide bonds. The van der Waals surface area contributed by atoms with Gasteiger partial charge in [-0.3, -0.25) is 4.79 Å². The molecule has 0 fully saturated rings. The molecule has 0 aliphatic carbocycles. The van der Waals surface area contributed by atoms with Gasteiger partial charge in [-0.1, -0.05) is 34.8 Å². The van der Waals surface area contributed by atoms with Crippen molar-refractivity contribution in [1.82, 2.24) is 0 Å². The third-order valence-electron chi connectivity index (χ3n) is 2.63. The van der Waals surface area contributed by atoms with Crippen LogP contribution >= 0.6 is 34.8 Å². The summed E-state index contributed by atoms with van der Waals surface area (Å²) in [6.07, 6.45) is 0. The van der Waals surface area contributed by atoms with Crippen LogP contribution in [0.15, 0.2) is 36.4 Å². The Kier molecular flexibility index (Phi) is 5.82. The monoisotopic (exact) mass is 375 g/mol. The first kappa shape index (κ1) is 17.5. The van der Waals surface area contributed by atoms with E-state index in [0.29, 0.717) is 15.7 Å². The Labute approximate surface area is 146 Å². The van der Waals surface area contributed by atoms with Crippen molar-refractivity contribution >= 4 is 52.4 Å². The van der Waals surface area contributed by atoms with Crippen LogP contribution in [0.3, 0.4) is 0 Å². The molecule has 0 atom stereocenters. The maximum Gasteiger partial charge on any atom is 0.340 e. The zero-order valence-corrected chi connectivity index (χ0v) is 13.7. The Hall–Kier alpha value is -1.82. The Balaban J connectivity index is 1.94. The molecule has 0 aromatic heterocycles. The van der Waals surface area contributed by atoms with Crippen molar-refractivity contribution in [2.45, 2.75) is 0 Å². The lowest BCUT2D eigenvalue weighted by atomic mass is 10.2. The van der Waals surface area contributed by atoms with Crippen LogP contribution in [0.5, 0.6) is 0 Å². The normalized spacial score (nSPS) is 10.3. The SMILES string of the molecule is O=C(COC(=O)c1ccc(F)cc1Cl)Nc1cc(Cl)cc(Cl)c1. The fourth-order valence-electron chi connectivity index (χ4n) is 1.69. The van der Waals surface area contributed by atoms with Crippen LogP contribution in [0, 0.1) is 5.82 Å². The van der Waals surface area contributed by atoms with E-state index < -0.39 is 24.3 Å². The molecule has 0 radical (unpaired) electrons. The number of amides is 1. The quantitative estimate of drug-likeness (QED) is 0.795. The Bertz CT molecular complexity index is 747. The van der Waals surface area contributed by atoms with Gasteiger partial charge >= 0.3 is 5.97 Å². The standard InChI is InChI=1S/C15H9Cl3FNO3/c16-8-3-9(17)5-11(4-8)20-14(21)7-23-15(22)12-2-1-10(19)6-13(12)18/h1-6H,7H2,(H,20,21). The summed E-state index contributed by atoms with van der Waals surface area (Å²) < 4.78 is 17.7. The highest BCUT2D eigenvalue weighted by Crippen LogP contribution is 2.22. The van der Waals surface area contributed by atoms with Gasteiger partial charge < -0.3 is 10.1 Å². The summed E-state index contributed by atoms with van der Waals surface area (Å²) in [6, 6.07) is 7.71. The molecule has 1 N–H and O–H groups in total. The zero-order valence-electron chi connectivity index (χ0n) is 11.4. The van der Waals surface area contributed by atoms with Crippen molar-refractivity contribution in [3.63, 3.8) is 0 Å². The lowest BCUT2D eigenvalue weighted by molar-refractivity contribution is -0.119. The summed E-state index contributed by atoms with van der Waals surface area (Å²) in [5, 5.41) is 3.08. The van der Waals surface area contributed by atoms with Crippen molar-refractivity contribution in [1.29, 1.82) is 0 Å². The van der Waals surface area contributed by atoms with E-state index in [4.69, 9.17) is 39.5 Å². The van der Waals surface area contributed by atoms with Gasteiger partial charge in [0, 0.05) is 15.7 Å². The Morgan fingerprint density at radius 1 is 1.04 bits per heavy atom. The summed E-state index contributed by atoms with van der Waals surface area (Å²) in [5.74, 6) is -2.01. The Morgan fingerprint density at radius 2 is 1.70 bits per heavy atom. The van der Waals surface area contributed by atoms with Crippen LogP contribution < -0.4 is 5.32 Å². The van der Waals surface area contributed by atoms with Gasteiger partial charge in [0.15, 0.2) is 6.61 Å². The Morgan fingerprint density at radius 3 is 2.30 bits per heavy atom. The summed E-state index contributed by atoms with van der Waals surface area (Å²) in [4.78, 5) is 23.5. The number of nitrogens with one attached hydrogen (secondary N) is 1. The number of ether oxygens (including phenoxy) is 1. The molecule has 2 rings (SSSR count). The van der Waals surface area contributed by atoms with Crippen molar-refractivity contribution in [2.24, 2.45) is 0 Å². The molecule has 0 aliphatic rings. The second kappa shape index (κ2) is 7.64. The molecular weight excluding hydrogens is 368 g/mol. The highest BCUT2D eigenvalue weighted by Gasteiger charge is 2.14. The summed E-state index contributed by atoms with van der Waals surface area (Å²) in [6.45, 7) is -0.545. The van der Waals surface area contributed by atoms with Gasteiger partial charge in [-0.25, -0.2) is 9.18 Å². The van der Waals surface area contributed by atoms with E-state index in [-0.39, 0.29) is 10.6 Å². The summed E-state index contributed by atoms with van der Waals surface area (Å²) in [7, 11) is 0. The molecule has 0 unspecified atom stereocenters. The largest absolute Gasteiger partial charge is 0.452 e. The van der Waals surface area contributed by atoms with E-state index in [1.165, 1.54) is 24.3 Å². The van der Waals surface area contributed by atoms with E-state index >= 15 is 0 Å². The third-order valence-corrected chi connectivity index (χ3v) is 3.38. The van der Waals surface area contributed by atoms with E-state index in [2.05, 4.69) is 5.32 Å². The summed E-state index contributed by atoms with van der Waals surface area (Å²) >= 11 is 17.3. The molecule has 0 heterocycles. The van der Waals surface area contributed by atoms with Crippen LogP contribution in [0.1, 0.15) is 10.4 Å². The van der Waals surface area contributed by atoms with Crippen molar-refractivity contribution in [3.05, 3.63) is 62.8 Å². The minimum atomic E-state index is -0.839. The zero-order chi connectivity index (χ0) is 17.0. The lowest BCUT2D eigenvalue weighted by Gasteiger charge is -2.08. The highest BCUT2D eigenvalue weighted by atomic mass is 35.5. The van der Waals surface area contributed by atoms with E-state index in [1.807, 2.05) is 0 Å². The molecule has 0 saturated heterocycles. The minimum absolute atomic E-state index is 0.0355. The van der Waals surface area contributed by atoms with Gasteiger partial charge in [-0.05, 0) is 36.4 Å². The van der Waals surface area contributed by atoms with Crippen LogP contribution in [0.25, 0.3) is 0 Å². The average molecular weight is 377 g/mol. The maximum absolute atomic E-state index is 12.9. The fraction of sp³-hybridized carbons (Fsp3) is 0.0667. The number of esters is 1.